The molecule has 0 amide bonds. The van der Waals surface area contributed by atoms with Crippen LogP contribution in [-0.2, 0) is 13.6 Å². The summed E-state index contributed by atoms with van der Waals surface area (Å²) in [5, 5.41) is 11.7. The van der Waals surface area contributed by atoms with Gasteiger partial charge in [-0.2, -0.15) is 0 Å². The Bertz CT molecular complexity index is 833. The van der Waals surface area contributed by atoms with Gasteiger partial charge in [-0.1, -0.05) is 6.07 Å². The Balaban J connectivity index is 1.37. The molecular weight excluding hydrogens is 320 g/mol. The maximum absolute atomic E-state index is 6.32. The van der Waals surface area contributed by atoms with Crippen LogP contribution in [0.15, 0.2) is 30.5 Å². The Hall–Kier alpha value is -1.92. The van der Waals surface area contributed by atoms with Crippen molar-refractivity contribution in [1.82, 2.24) is 19.7 Å². The molecule has 4 rings (SSSR count). The van der Waals surface area contributed by atoms with Crippen molar-refractivity contribution < 1.29 is 4.74 Å². The van der Waals surface area contributed by atoms with Crippen molar-refractivity contribution in [1.29, 1.82) is 0 Å². The van der Waals surface area contributed by atoms with Crippen LogP contribution in [0.1, 0.15) is 22.9 Å². The third-order valence-electron chi connectivity index (χ3n) is 4.64. The fourth-order valence-corrected chi connectivity index (χ4v) is 4.09. The second kappa shape index (κ2) is 6.53. The van der Waals surface area contributed by atoms with Crippen LogP contribution in [-0.4, -0.2) is 38.9 Å². The second-order valence-corrected chi connectivity index (χ2v) is 7.69. The van der Waals surface area contributed by atoms with E-state index >= 15 is 0 Å². The smallest absolute Gasteiger partial charge is 0.131 e. The zero-order valence-corrected chi connectivity index (χ0v) is 14.9. The standard InChI is InChI=1S/C18H22N4OS/c1-13-19-20-18(24-13)12-22-10-6-14(7-11-22)23-17-5-3-4-16-15(17)8-9-21(16)2/h3-5,8-9,14H,6-7,10-12H2,1-2H3. The van der Waals surface area contributed by atoms with E-state index < -0.39 is 0 Å². The van der Waals surface area contributed by atoms with Gasteiger partial charge in [0.05, 0.1) is 12.1 Å². The van der Waals surface area contributed by atoms with E-state index in [4.69, 9.17) is 4.74 Å². The highest BCUT2D eigenvalue weighted by Crippen LogP contribution is 2.29. The summed E-state index contributed by atoms with van der Waals surface area (Å²) < 4.78 is 8.45. The molecule has 1 aliphatic heterocycles. The number of hydrogen-bond donors (Lipinski definition) is 0. The number of benzene rings is 1. The van der Waals surface area contributed by atoms with Gasteiger partial charge in [0.15, 0.2) is 0 Å². The van der Waals surface area contributed by atoms with Crippen molar-refractivity contribution in [3.8, 4) is 5.75 Å². The van der Waals surface area contributed by atoms with Gasteiger partial charge < -0.3 is 9.30 Å². The fraction of sp³-hybridized carbons (Fsp3) is 0.444. The first kappa shape index (κ1) is 15.6. The minimum Gasteiger partial charge on any atom is -0.490 e. The minimum atomic E-state index is 0.295. The van der Waals surface area contributed by atoms with Gasteiger partial charge in [0.1, 0.15) is 21.9 Å². The summed E-state index contributed by atoms with van der Waals surface area (Å²) >= 11 is 1.69. The first-order valence-electron chi connectivity index (χ1n) is 8.41. The molecule has 1 aromatic carbocycles. The van der Waals surface area contributed by atoms with Crippen LogP contribution < -0.4 is 4.74 Å². The molecule has 1 saturated heterocycles. The predicted molar refractivity (Wildman–Crippen MR) is 96.5 cm³/mol. The SMILES string of the molecule is Cc1nnc(CN2CCC(Oc3cccc4c3ccn4C)CC2)s1. The summed E-state index contributed by atoms with van der Waals surface area (Å²) in [6.07, 6.45) is 4.50. The topological polar surface area (TPSA) is 43.2 Å². The monoisotopic (exact) mass is 342 g/mol. The number of rotatable bonds is 4. The summed E-state index contributed by atoms with van der Waals surface area (Å²) in [4.78, 5) is 2.45. The van der Waals surface area contributed by atoms with Crippen LogP contribution in [0, 0.1) is 6.92 Å². The van der Waals surface area contributed by atoms with E-state index in [1.165, 1.54) is 10.9 Å². The molecule has 2 aromatic heterocycles. The van der Waals surface area contributed by atoms with Crippen LogP contribution in [0.3, 0.4) is 0 Å². The number of likely N-dealkylation sites (tertiary alicyclic amines) is 1. The summed E-state index contributed by atoms with van der Waals surface area (Å²) in [7, 11) is 2.07. The molecule has 0 aliphatic carbocycles. The maximum Gasteiger partial charge on any atom is 0.131 e. The van der Waals surface area contributed by atoms with E-state index in [0.29, 0.717) is 6.10 Å². The molecule has 0 atom stereocenters. The molecule has 1 fully saturated rings. The van der Waals surface area contributed by atoms with E-state index in [0.717, 1.165) is 48.2 Å². The van der Waals surface area contributed by atoms with E-state index in [9.17, 15) is 0 Å². The van der Waals surface area contributed by atoms with Gasteiger partial charge in [0.2, 0.25) is 0 Å². The summed E-state index contributed by atoms with van der Waals surface area (Å²) in [5.74, 6) is 1.01. The number of aryl methyl sites for hydroxylation is 2. The quantitative estimate of drug-likeness (QED) is 0.729. The Labute approximate surface area is 145 Å². The molecule has 0 unspecified atom stereocenters. The lowest BCUT2D eigenvalue weighted by Gasteiger charge is -2.31. The lowest BCUT2D eigenvalue weighted by Crippen LogP contribution is -2.37. The molecule has 5 nitrogen and oxygen atoms in total. The molecular formula is C18H22N4OS. The summed E-state index contributed by atoms with van der Waals surface area (Å²) in [6, 6.07) is 8.43. The Morgan fingerprint density at radius 3 is 2.79 bits per heavy atom. The second-order valence-electron chi connectivity index (χ2n) is 6.42. The average molecular weight is 342 g/mol. The van der Waals surface area contributed by atoms with Gasteiger partial charge in [-0.15, -0.1) is 21.5 Å². The summed E-state index contributed by atoms with van der Waals surface area (Å²) in [6.45, 7) is 5.01. The van der Waals surface area contributed by atoms with Crippen LogP contribution >= 0.6 is 11.3 Å². The van der Waals surface area contributed by atoms with Gasteiger partial charge >= 0.3 is 0 Å². The number of fused-ring (bicyclic) bond motifs is 1. The number of nitrogens with zero attached hydrogens (tertiary/aromatic N) is 4. The van der Waals surface area contributed by atoms with Crippen molar-refractivity contribution in [2.45, 2.75) is 32.4 Å². The molecule has 24 heavy (non-hydrogen) atoms. The number of ether oxygens (including phenoxy) is 1. The largest absolute Gasteiger partial charge is 0.490 e. The highest BCUT2D eigenvalue weighted by molar-refractivity contribution is 7.11. The van der Waals surface area contributed by atoms with Gasteiger partial charge in [-0.25, -0.2) is 0 Å². The Kier molecular flexibility index (Phi) is 4.24. The first-order chi connectivity index (χ1) is 11.7. The lowest BCUT2D eigenvalue weighted by molar-refractivity contribution is 0.0978. The van der Waals surface area contributed by atoms with Crippen LogP contribution in [0.2, 0.25) is 0 Å². The summed E-state index contributed by atoms with van der Waals surface area (Å²) in [5.41, 5.74) is 1.22. The average Bonchev–Trinajstić information content (AvgIpc) is 3.16. The van der Waals surface area contributed by atoms with Crippen LogP contribution in [0.5, 0.6) is 5.75 Å². The third-order valence-corrected chi connectivity index (χ3v) is 5.47. The van der Waals surface area contributed by atoms with Crippen molar-refractivity contribution >= 4 is 22.2 Å². The van der Waals surface area contributed by atoms with E-state index in [1.807, 2.05) is 6.92 Å². The lowest BCUT2D eigenvalue weighted by atomic mass is 10.1. The molecule has 0 spiro atoms. The minimum absolute atomic E-state index is 0.295. The molecule has 1 aliphatic rings. The predicted octanol–water partition coefficient (Wildman–Crippen LogP) is 3.38. The van der Waals surface area contributed by atoms with Crippen molar-refractivity contribution in [3.05, 3.63) is 40.5 Å². The number of piperidine rings is 1. The third kappa shape index (κ3) is 3.16. The van der Waals surface area contributed by atoms with Gasteiger partial charge in [-0.3, -0.25) is 4.90 Å². The zero-order chi connectivity index (χ0) is 16.5. The van der Waals surface area contributed by atoms with Crippen LogP contribution in [0.4, 0.5) is 0 Å². The van der Waals surface area contributed by atoms with E-state index in [-0.39, 0.29) is 0 Å². The first-order valence-corrected chi connectivity index (χ1v) is 9.23. The highest BCUT2D eigenvalue weighted by Gasteiger charge is 2.22. The molecule has 3 aromatic rings. The fourth-order valence-electron chi connectivity index (χ4n) is 3.33. The van der Waals surface area contributed by atoms with E-state index in [1.54, 1.807) is 11.3 Å². The molecule has 6 heteroatoms. The molecule has 0 radical (unpaired) electrons. The van der Waals surface area contributed by atoms with Crippen molar-refractivity contribution in [3.63, 3.8) is 0 Å². The molecule has 126 valence electrons. The van der Waals surface area contributed by atoms with Gasteiger partial charge in [0, 0.05) is 31.7 Å². The molecule has 3 heterocycles. The number of aromatic nitrogens is 3. The van der Waals surface area contributed by atoms with Crippen molar-refractivity contribution in [2.75, 3.05) is 13.1 Å². The maximum atomic E-state index is 6.32. The van der Waals surface area contributed by atoms with Gasteiger partial charge in [-0.05, 0) is 38.0 Å². The Morgan fingerprint density at radius 2 is 2.04 bits per heavy atom. The van der Waals surface area contributed by atoms with Gasteiger partial charge in [0.25, 0.3) is 0 Å². The van der Waals surface area contributed by atoms with Crippen LogP contribution in [0.25, 0.3) is 10.9 Å². The van der Waals surface area contributed by atoms with E-state index in [2.05, 4.69) is 57.2 Å². The zero-order valence-electron chi connectivity index (χ0n) is 14.1. The molecule has 0 bridgehead atoms. The van der Waals surface area contributed by atoms with Crippen molar-refractivity contribution in [2.24, 2.45) is 7.05 Å². The normalized spacial score (nSPS) is 16.8. The highest BCUT2D eigenvalue weighted by atomic mass is 32.1. The molecule has 0 N–H and O–H groups in total. The molecule has 0 saturated carbocycles. The Morgan fingerprint density at radius 1 is 1.21 bits per heavy atom. The number of hydrogen-bond acceptors (Lipinski definition) is 5.